The molecular weight excluding hydrogens is 274 g/mol. The molecule has 1 aromatic heterocycles. The highest BCUT2D eigenvalue weighted by Crippen LogP contribution is 2.34. The summed E-state index contributed by atoms with van der Waals surface area (Å²) in [6.07, 6.45) is 2.12. The first-order valence-corrected chi connectivity index (χ1v) is 7.30. The van der Waals surface area contributed by atoms with Gasteiger partial charge in [-0.25, -0.2) is 5.10 Å². The van der Waals surface area contributed by atoms with Crippen molar-refractivity contribution in [2.75, 3.05) is 5.73 Å². The lowest BCUT2D eigenvalue weighted by atomic mass is 10.1. The molecule has 2 aromatic rings. The van der Waals surface area contributed by atoms with E-state index in [0.29, 0.717) is 11.2 Å². The minimum absolute atomic E-state index is 0.00734. The second-order valence-corrected chi connectivity index (χ2v) is 5.77. The number of nitrogen functional groups attached to an aromatic ring is 1. The summed E-state index contributed by atoms with van der Waals surface area (Å²) in [7, 11) is 0. The highest BCUT2D eigenvalue weighted by molar-refractivity contribution is 8.00. The third kappa shape index (κ3) is 3.11. The van der Waals surface area contributed by atoms with Gasteiger partial charge in [0, 0.05) is 6.04 Å². The van der Waals surface area contributed by atoms with Crippen molar-refractivity contribution >= 4 is 23.6 Å². The number of nitrogens with one attached hydrogen (secondary N) is 2. The fourth-order valence-electron chi connectivity index (χ4n) is 1.82. The molecule has 104 valence electrons. The minimum Gasteiger partial charge on any atom is -0.368 e. The van der Waals surface area contributed by atoms with E-state index in [2.05, 4.69) is 20.5 Å². The second-order valence-electron chi connectivity index (χ2n) is 4.69. The lowest BCUT2D eigenvalue weighted by molar-refractivity contribution is -0.120. The number of hydrogen-bond donors (Lipinski definition) is 3. The van der Waals surface area contributed by atoms with E-state index < -0.39 is 0 Å². The molecule has 0 bridgehead atoms. The molecule has 1 aliphatic carbocycles. The maximum absolute atomic E-state index is 12.4. The normalized spacial score (nSPS) is 15.8. The lowest BCUT2D eigenvalue weighted by Crippen LogP contribution is -2.29. The molecule has 1 heterocycles. The number of nitrogens with zero attached hydrogens (tertiary/aromatic N) is 2. The smallest absolute Gasteiger partial charge is 0.238 e. The van der Waals surface area contributed by atoms with Gasteiger partial charge < -0.3 is 11.1 Å². The average molecular weight is 289 g/mol. The van der Waals surface area contributed by atoms with Crippen LogP contribution >= 0.6 is 11.8 Å². The molecule has 0 unspecified atom stereocenters. The van der Waals surface area contributed by atoms with Crippen molar-refractivity contribution in [3.63, 3.8) is 0 Å². The largest absolute Gasteiger partial charge is 0.368 e. The van der Waals surface area contributed by atoms with Gasteiger partial charge in [-0.1, -0.05) is 42.1 Å². The van der Waals surface area contributed by atoms with Gasteiger partial charge in [-0.15, -0.1) is 5.10 Å². The molecule has 1 saturated carbocycles. The van der Waals surface area contributed by atoms with Crippen molar-refractivity contribution in [3.8, 4) is 0 Å². The number of carbonyl (C=O) groups excluding carboxylic acids is 1. The van der Waals surface area contributed by atoms with Crippen LogP contribution in [0.2, 0.25) is 0 Å². The molecule has 20 heavy (non-hydrogen) atoms. The molecule has 3 rings (SSSR count). The number of benzene rings is 1. The van der Waals surface area contributed by atoms with Crippen molar-refractivity contribution in [1.82, 2.24) is 20.5 Å². The van der Waals surface area contributed by atoms with E-state index in [-0.39, 0.29) is 17.1 Å². The summed E-state index contributed by atoms with van der Waals surface area (Å²) in [5, 5.41) is 9.69. The molecule has 6 nitrogen and oxygen atoms in total. The van der Waals surface area contributed by atoms with Gasteiger partial charge in [0.15, 0.2) is 0 Å². The van der Waals surface area contributed by atoms with Crippen molar-refractivity contribution in [3.05, 3.63) is 35.9 Å². The highest BCUT2D eigenvalue weighted by atomic mass is 32.2. The molecule has 0 radical (unpaired) electrons. The number of carbonyl (C=O) groups is 1. The first kappa shape index (κ1) is 13.0. The first-order chi connectivity index (χ1) is 9.72. The van der Waals surface area contributed by atoms with Gasteiger partial charge in [0.2, 0.25) is 17.0 Å². The molecule has 1 fully saturated rings. The topological polar surface area (TPSA) is 96.7 Å². The number of aromatic nitrogens is 3. The molecule has 1 amide bonds. The molecule has 0 saturated heterocycles. The van der Waals surface area contributed by atoms with Crippen LogP contribution in [-0.2, 0) is 4.79 Å². The summed E-state index contributed by atoms with van der Waals surface area (Å²) in [6, 6.07) is 9.94. The summed E-state index contributed by atoms with van der Waals surface area (Å²) < 4.78 is 0. The van der Waals surface area contributed by atoms with E-state index in [1.165, 1.54) is 11.8 Å². The van der Waals surface area contributed by atoms with Gasteiger partial charge in [-0.2, -0.15) is 4.98 Å². The average Bonchev–Trinajstić information content (AvgIpc) is 3.17. The molecule has 7 heteroatoms. The van der Waals surface area contributed by atoms with Crippen LogP contribution in [-0.4, -0.2) is 27.1 Å². The maximum Gasteiger partial charge on any atom is 0.238 e. The lowest BCUT2D eigenvalue weighted by Gasteiger charge is -2.15. The van der Waals surface area contributed by atoms with Crippen molar-refractivity contribution < 1.29 is 4.79 Å². The number of aromatic amines is 1. The monoisotopic (exact) mass is 289 g/mol. The van der Waals surface area contributed by atoms with E-state index in [4.69, 9.17) is 5.73 Å². The Labute approximate surface area is 120 Å². The fourth-order valence-corrected chi connectivity index (χ4v) is 2.75. The Hall–Kier alpha value is -2.02. The molecule has 0 aliphatic heterocycles. The summed E-state index contributed by atoms with van der Waals surface area (Å²) in [6.45, 7) is 0. The summed E-state index contributed by atoms with van der Waals surface area (Å²) >= 11 is 1.29. The SMILES string of the molecule is Nc1nc(S[C@H](C(=O)NC2CC2)c2ccccc2)n[nH]1. The first-order valence-electron chi connectivity index (χ1n) is 6.42. The molecule has 1 aliphatic rings. The van der Waals surface area contributed by atoms with Crippen molar-refractivity contribution in [2.24, 2.45) is 0 Å². The van der Waals surface area contributed by atoms with Crippen LogP contribution < -0.4 is 11.1 Å². The van der Waals surface area contributed by atoms with Crippen LogP contribution in [0.25, 0.3) is 0 Å². The summed E-state index contributed by atoms with van der Waals surface area (Å²) in [4.78, 5) is 16.4. The quantitative estimate of drug-likeness (QED) is 0.725. The molecular formula is C13H15N5OS. The predicted molar refractivity (Wildman–Crippen MR) is 77.0 cm³/mol. The number of H-pyrrole nitrogens is 1. The number of thioether (sulfide) groups is 1. The molecule has 0 spiro atoms. The number of hydrogen-bond acceptors (Lipinski definition) is 5. The highest BCUT2D eigenvalue weighted by Gasteiger charge is 2.29. The predicted octanol–water partition coefficient (Wildman–Crippen LogP) is 1.50. The van der Waals surface area contributed by atoms with Crippen LogP contribution in [0.5, 0.6) is 0 Å². The van der Waals surface area contributed by atoms with E-state index >= 15 is 0 Å². The van der Waals surface area contributed by atoms with Gasteiger partial charge in [0.25, 0.3) is 0 Å². The van der Waals surface area contributed by atoms with Crippen molar-refractivity contribution in [2.45, 2.75) is 29.3 Å². The molecule has 4 N–H and O–H groups in total. The van der Waals surface area contributed by atoms with E-state index in [1.807, 2.05) is 30.3 Å². The Morgan fingerprint density at radius 3 is 2.75 bits per heavy atom. The number of anilines is 1. The minimum atomic E-state index is -0.369. The summed E-state index contributed by atoms with van der Waals surface area (Å²) in [5.41, 5.74) is 6.45. The number of rotatable bonds is 5. The van der Waals surface area contributed by atoms with Crippen LogP contribution in [0.1, 0.15) is 23.7 Å². The van der Waals surface area contributed by atoms with E-state index in [1.54, 1.807) is 0 Å². The van der Waals surface area contributed by atoms with Crippen LogP contribution in [0.3, 0.4) is 0 Å². The van der Waals surface area contributed by atoms with Crippen LogP contribution in [0, 0.1) is 0 Å². The van der Waals surface area contributed by atoms with Gasteiger partial charge >= 0.3 is 0 Å². The zero-order chi connectivity index (χ0) is 13.9. The Morgan fingerprint density at radius 1 is 1.40 bits per heavy atom. The Kier molecular flexibility index (Phi) is 3.60. The Balaban J connectivity index is 1.80. The van der Waals surface area contributed by atoms with E-state index in [0.717, 1.165) is 18.4 Å². The Bertz CT molecular complexity index is 596. The molecule has 1 atom stereocenters. The zero-order valence-electron chi connectivity index (χ0n) is 10.7. The second kappa shape index (κ2) is 5.54. The third-order valence-electron chi connectivity index (χ3n) is 2.97. The number of nitrogens with two attached hydrogens (primary N) is 1. The summed E-state index contributed by atoms with van der Waals surface area (Å²) in [5.74, 6) is 0.244. The van der Waals surface area contributed by atoms with Gasteiger partial charge in [-0.3, -0.25) is 4.79 Å². The fraction of sp³-hybridized carbons (Fsp3) is 0.308. The number of amides is 1. The Morgan fingerprint density at radius 2 is 2.15 bits per heavy atom. The van der Waals surface area contributed by atoms with E-state index in [9.17, 15) is 4.79 Å². The van der Waals surface area contributed by atoms with Crippen LogP contribution in [0.4, 0.5) is 5.95 Å². The standard InChI is InChI=1S/C13H15N5OS/c14-12-16-13(18-17-12)20-10(8-4-2-1-3-5-8)11(19)15-9-6-7-9/h1-5,9-10H,6-7H2,(H,15,19)(H3,14,16,17,18)/t10-/m0/s1. The zero-order valence-corrected chi connectivity index (χ0v) is 11.6. The maximum atomic E-state index is 12.4. The van der Waals surface area contributed by atoms with Gasteiger partial charge in [0.05, 0.1) is 0 Å². The molecule has 1 aromatic carbocycles. The van der Waals surface area contributed by atoms with Crippen LogP contribution in [0.15, 0.2) is 35.5 Å². The third-order valence-corrected chi connectivity index (χ3v) is 4.08. The van der Waals surface area contributed by atoms with Gasteiger partial charge in [0.1, 0.15) is 5.25 Å². The van der Waals surface area contributed by atoms with Crippen molar-refractivity contribution in [1.29, 1.82) is 0 Å². The van der Waals surface area contributed by atoms with Gasteiger partial charge in [-0.05, 0) is 18.4 Å².